The van der Waals surface area contributed by atoms with Crippen molar-refractivity contribution >= 4 is 11.6 Å². The van der Waals surface area contributed by atoms with Crippen molar-refractivity contribution in [2.24, 2.45) is 5.92 Å². The third-order valence-electron chi connectivity index (χ3n) is 2.35. The van der Waals surface area contributed by atoms with Crippen LogP contribution >= 0.6 is 0 Å². The molecule has 1 aromatic rings. The van der Waals surface area contributed by atoms with Gasteiger partial charge in [-0.2, -0.15) is 0 Å². The standard InChI is InChI=1S/C12H23N5/c1-9(2)5-11(8-17(3)4)16-12-14-6-10(13)7-15-12/h6-7,9,11H,5,8,13H2,1-4H3,(H,14,15,16). The molecule has 1 aromatic heterocycles. The van der Waals surface area contributed by atoms with Gasteiger partial charge in [0.15, 0.2) is 0 Å². The van der Waals surface area contributed by atoms with E-state index in [0.717, 1.165) is 13.0 Å². The predicted molar refractivity (Wildman–Crippen MR) is 71.9 cm³/mol. The first kappa shape index (κ1) is 13.7. The largest absolute Gasteiger partial charge is 0.396 e. The molecule has 0 saturated carbocycles. The minimum Gasteiger partial charge on any atom is -0.396 e. The van der Waals surface area contributed by atoms with Gasteiger partial charge in [0.1, 0.15) is 0 Å². The first-order valence-electron chi connectivity index (χ1n) is 5.96. The van der Waals surface area contributed by atoms with Crippen molar-refractivity contribution in [1.82, 2.24) is 14.9 Å². The van der Waals surface area contributed by atoms with Gasteiger partial charge in [-0.15, -0.1) is 0 Å². The van der Waals surface area contributed by atoms with E-state index in [1.807, 2.05) is 0 Å². The highest BCUT2D eigenvalue weighted by Gasteiger charge is 2.12. The summed E-state index contributed by atoms with van der Waals surface area (Å²) in [5.41, 5.74) is 6.14. The summed E-state index contributed by atoms with van der Waals surface area (Å²) < 4.78 is 0. The summed E-state index contributed by atoms with van der Waals surface area (Å²) in [7, 11) is 4.14. The summed E-state index contributed by atoms with van der Waals surface area (Å²) in [4.78, 5) is 10.5. The maximum Gasteiger partial charge on any atom is 0.222 e. The molecular formula is C12H23N5. The van der Waals surface area contributed by atoms with Gasteiger partial charge in [0.2, 0.25) is 5.95 Å². The number of rotatable bonds is 6. The Morgan fingerprint density at radius 1 is 1.29 bits per heavy atom. The van der Waals surface area contributed by atoms with Crippen LogP contribution < -0.4 is 11.1 Å². The zero-order valence-electron chi connectivity index (χ0n) is 11.1. The van der Waals surface area contributed by atoms with Crippen LogP contribution in [0, 0.1) is 5.92 Å². The Bertz CT molecular complexity index is 310. The number of hydrogen-bond donors (Lipinski definition) is 2. The number of nitrogen functional groups attached to an aromatic ring is 1. The van der Waals surface area contributed by atoms with Crippen molar-refractivity contribution in [2.45, 2.75) is 26.3 Å². The van der Waals surface area contributed by atoms with E-state index in [0.29, 0.717) is 23.6 Å². The highest BCUT2D eigenvalue weighted by Crippen LogP contribution is 2.10. The van der Waals surface area contributed by atoms with E-state index >= 15 is 0 Å². The van der Waals surface area contributed by atoms with Gasteiger partial charge in [-0.25, -0.2) is 9.97 Å². The number of nitrogens with zero attached hydrogens (tertiary/aromatic N) is 3. The molecule has 3 N–H and O–H groups in total. The molecule has 0 aliphatic carbocycles. The van der Waals surface area contributed by atoms with E-state index in [2.05, 4.69) is 48.1 Å². The molecule has 96 valence electrons. The Balaban J connectivity index is 2.61. The van der Waals surface area contributed by atoms with Crippen LogP contribution in [0.25, 0.3) is 0 Å². The van der Waals surface area contributed by atoms with Crippen molar-refractivity contribution < 1.29 is 0 Å². The molecule has 0 bridgehead atoms. The smallest absolute Gasteiger partial charge is 0.222 e. The van der Waals surface area contributed by atoms with Crippen molar-refractivity contribution in [1.29, 1.82) is 0 Å². The molecular weight excluding hydrogens is 214 g/mol. The lowest BCUT2D eigenvalue weighted by molar-refractivity contribution is 0.355. The average molecular weight is 237 g/mol. The van der Waals surface area contributed by atoms with Gasteiger partial charge in [-0.1, -0.05) is 13.8 Å². The summed E-state index contributed by atoms with van der Waals surface area (Å²) in [6.07, 6.45) is 4.33. The molecule has 0 spiro atoms. The van der Waals surface area contributed by atoms with E-state index < -0.39 is 0 Å². The fourth-order valence-electron chi connectivity index (χ4n) is 1.78. The van der Waals surface area contributed by atoms with Crippen molar-refractivity contribution in [3.05, 3.63) is 12.4 Å². The maximum atomic E-state index is 5.56. The monoisotopic (exact) mass is 237 g/mol. The lowest BCUT2D eigenvalue weighted by Crippen LogP contribution is -2.34. The Kier molecular flexibility index (Phi) is 5.15. The summed E-state index contributed by atoms with van der Waals surface area (Å²) in [5.74, 6) is 1.29. The molecule has 0 saturated heterocycles. The molecule has 0 radical (unpaired) electrons. The number of nitrogens with two attached hydrogens (primary N) is 1. The Hall–Kier alpha value is -1.36. The van der Waals surface area contributed by atoms with Crippen LogP contribution in [0.3, 0.4) is 0 Å². The second-order valence-corrected chi connectivity index (χ2v) is 5.07. The number of likely N-dealkylation sites (N-methyl/N-ethyl adjacent to an activating group) is 1. The first-order chi connectivity index (χ1) is 7.97. The second-order valence-electron chi connectivity index (χ2n) is 5.07. The van der Waals surface area contributed by atoms with Gasteiger partial charge in [0, 0.05) is 12.6 Å². The van der Waals surface area contributed by atoms with Crippen LogP contribution in [0.1, 0.15) is 20.3 Å². The van der Waals surface area contributed by atoms with Gasteiger partial charge in [0.05, 0.1) is 18.1 Å². The molecule has 1 rings (SSSR count). The zero-order valence-corrected chi connectivity index (χ0v) is 11.1. The molecule has 0 aromatic carbocycles. The van der Waals surface area contributed by atoms with Crippen LogP contribution in [-0.4, -0.2) is 41.5 Å². The number of hydrogen-bond acceptors (Lipinski definition) is 5. The molecule has 0 amide bonds. The fourth-order valence-corrected chi connectivity index (χ4v) is 1.78. The van der Waals surface area contributed by atoms with Crippen LogP contribution in [0.2, 0.25) is 0 Å². The predicted octanol–water partition coefficient (Wildman–Crippen LogP) is 1.45. The third-order valence-corrected chi connectivity index (χ3v) is 2.35. The van der Waals surface area contributed by atoms with Crippen molar-refractivity contribution in [3.63, 3.8) is 0 Å². The van der Waals surface area contributed by atoms with Gasteiger partial charge in [-0.05, 0) is 26.4 Å². The van der Waals surface area contributed by atoms with Gasteiger partial charge in [0.25, 0.3) is 0 Å². The third kappa shape index (κ3) is 5.49. The second kappa shape index (κ2) is 6.39. The lowest BCUT2D eigenvalue weighted by atomic mass is 10.0. The molecule has 0 fully saturated rings. The average Bonchev–Trinajstić information content (AvgIpc) is 2.19. The molecule has 1 unspecified atom stereocenters. The highest BCUT2D eigenvalue weighted by atomic mass is 15.2. The van der Waals surface area contributed by atoms with Crippen LogP contribution in [0.5, 0.6) is 0 Å². The fraction of sp³-hybridized carbons (Fsp3) is 0.667. The quantitative estimate of drug-likeness (QED) is 0.784. The SMILES string of the molecule is CC(C)CC(CN(C)C)Nc1ncc(N)cn1. The normalized spacial score (nSPS) is 13.1. The van der Waals surface area contributed by atoms with E-state index in [-0.39, 0.29) is 0 Å². The molecule has 5 nitrogen and oxygen atoms in total. The minimum atomic E-state index is 0.355. The maximum absolute atomic E-state index is 5.56. The topological polar surface area (TPSA) is 67.1 Å². The number of nitrogens with one attached hydrogen (secondary N) is 1. The molecule has 17 heavy (non-hydrogen) atoms. The van der Waals surface area contributed by atoms with Crippen molar-refractivity contribution in [2.75, 3.05) is 31.7 Å². The van der Waals surface area contributed by atoms with Crippen LogP contribution in [-0.2, 0) is 0 Å². The van der Waals surface area contributed by atoms with Gasteiger partial charge < -0.3 is 16.0 Å². The van der Waals surface area contributed by atoms with Crippen molar-refractivity contribution in [3.8, 4) is 0 Å². The molecule has 0 aliphatic heterocycles. The zero-order chi connectivity index (χ0) is 12.8. The van der Waals surface area contributed by atoms with E-state index in [9.17, 15) is 0 Å². The molecule has 1 atom stereocenters. The Morgan fingerprint density at radius 3 is 2.35 bits per heavy atom. The van der Waals surface area contributed by atoms with E-state index in [4.69, 9.17) is 5.73 Å². The minimum absolute atomic E-state index is 0.355. The first-order valence-corrected chi connectivity index (χ1v) is 5.96. The van der Waals surface area contributed by atoms with Gasteiger partial charge in [-0.3, -0.25) is 0 Å². The van der Waals surface area contributed by atoms with Crippen LogP contribution in [0.15, 0.2) is 12.4 Å². The number of anilines is 2. The Morgan fingerprint density at radius 2 is 1.88 bits per heavy atom. The summed E-state index contributed by atoms with van der Waals surface area (Å²) in [5, 5.41) is 3.35. The number of aromatic nitrogens is 2. The van der Waals surface area contributed by atoms with E-state index in [1.165, 1.54) is 0 Å². The van der Waals surface area contributed by atoms with E-state index in [1.54, 1.807) is 12.4 Å². The summed E-state index contributed by atoms with van der Waals surface area (Å²) in [6.45, 7) is 5.40. The van der Waals surface area contributed by atoms with Crippen LogP contribution in [0.4, 0.5) is 11.6 Å². The lowest BCUT2D eigenvalue weighted by Gasteiger charge is -2.23. The summed E-state index contributed by atoms with van der Waals surface area (Å²) in [6, 6.07) is 0.355. The molecule has 0 aliphatic rings. The van der Waals surface area contributed by atoms with Gasteiger partial charge >= 0.3 is 0 Å². The summed E-state index contributed by atoms with van der Waals surface area (Å²) >= 11 is 0. The molecule has 5 heteroatoms. The highest BCUT2D eigenvalue weighted by molar-refractivity contribution is 5.36. The Labute approximate surface area is 103 Å². The molecule has 1 heterocycles.